The summed E-state index contributed by atoms with van der Waals surface area (Å²) >= 11 is 0. The molecule has 5 aliphatic rings. The molecule has 3 aliphatic carbocycles. The second kappa shape index (κ2) is 6.10. The maximum Gasteiger partial charge on any atom is 0.309 e. The molecule has 0 unspecified atom stereocenters. The number of carbonyl (C=O) groups excluding carboxylic acids is 1. The van der Waals surface area contributed by atoms with Crippen molar-refractivity contribution in [1.82, 2.24) is 4.90 Å². The zero-order chi connectivity index (χ0) is 18.8. The van der Waals surface area contributed by atoms with Crippen LogP contribution in [-0.4, -0.2) is 44.7 Å². The van der Waals surface area contributed by atoms with Crippen LogP contribution in [0.1, 0.15) is 51.9 Å². The van der Waals surface area contributed by atoms with Crippen LogP contribution in [0.15, 0.2) is 23.0 Å². The molecule has 0 aromatic carbocycles. The van der Waals surface area contributed by atoms with Gasteiger partial charge in [0.1, 0.15) is 0 Å². The predicted molar refractivity (Wildman–Crippen MR) is 104 cm³/mol. The van der Waals surface area contributed by atoms with Crippen molar-refractivity contribution in [2.24, 2.45) is 28.6 Å². The van der Waals surface area contributed by atoms with Crippen molar-refractivity contribution in [2.75, 3.05) is 33.9 Å². The van der Waals surface area contributed by atoms with E-state index in [1.54, 1.807) is 18.3 Å². The molecule has 0 amide bonds. The van der Waals surface area contributed by atoms with Gasteiger partial charge < -0.3 is 14.4 Å². The number of allylic oxidation sites excluding steroid dienone is 3. The molecule has 2 aliphatic heterocycles. The van der Waals surface area contributed by atoms with E-state index in [2.05, 4.69) is 24.9 Å². The van der Waals surface area contributed by atoms with Crippen LogP contribution >= 0.6 is 0 Å². The smallest absolute Gasteiger partial charge is 0.309 e. The molecule has 0 radical (unpaired) electrons. The molecule has 2 spiro atoms. The third kappa shape index (κ3) is 2.22. The van der Waals surface area contributed by atoms with Crippen molar-refractivity contribution in [1.29, 1.82) is 0 Å². The first kappa shape index (κ1) is 17.8. The number of rotatable bonds is 2. The lowest BCUT2D eigenvalue weighted by molar-refractivity contribution is -0.149. The quantitative estimate of drug-likeness (QED) is 0.545. The van der Waals surface area contributed by atoms with Gasteiger partial charge in [-0.1, -0.05) is 18.1 Å². The molecule has 148 valence electrons. The summed E-state index contributed by atoms with van der Waals surface area (Å²) in [5.74, 6) is 2.27. The first-order valence-electron chi connectivity index (χ1n) is 10.9. The van der Waals surface area contributed by atoms with Crippen LogP contribution < -0.4 is 0 Å². The Hall–Kier alpha value is -1.29. The van der Waals surface area contributed by atoms with Crippen LogP contribution in [0.2, 0.25) is 0 Å². The van der Waals surface area contributed by atoms with Crippen LogP contribution in [0.3, 0.4) is 0 Å². The van der Waals surface area contributed by atoms with E-state index in [-0.39, 0.29) is 22.7 Å². The number of nitrogens with zero attached hydrogens (tertiary/aromatic N) is 1. The first-order valence-corrected chi connectivity index (χ1v) is 10.9. The molecule has 2 fully saturated rings. The molecule has 0 N–H and O–H groups in total. The fourth-order valence-electron chi connectivity index (χ4n) is 7.71. The Labute approximate surface area is 163 Å². The monoisotopic (exact) mass is 371 g/mol. The Morgan fingerprint density at radius 3 is 2.89 bits per heavy atom. The number of ether oxygens (including phenoxy) is 2. The van der Waals surface area contributed by atoms with Crippen LogP contribution in [0.25, 0.3) is 0 Å². The number of likely N-dealkylation sites (tertiary alicyclic amines) is 1. The minimum absolute atomic E-state index is 0.0117. The van der Waals surface area contributed by atoms with Gasteiger partial charge in [0.15, 0.2) is 0 Å². The van der Waals surface area contributed by atoms with Crippen molar-refractivity contribution in [3.05, 3.63) is 23.0 Å². The Kier molecular flexibility index (Phi) is 4.02. The summed E-state index contributed by atoms with van der Waals surface area (Å²) in [6.07, 6.45) is 10.3. The number of esters is 1. The molecule has 0 aromatic rings. The van der Waals surface area contributed by atoms with Crippen LogP contribution in [0, 0.1) is 28.6 Å². The lowest BCUT2D eigenvalue weighted by atomic mass is 9.51. The number of carbonyl (C=O) groups is 1. The molecule has 5 rings (SSSR count). The Morgan fingerprint density at radius 2 is 2.19 bits per heavy atom. The summed E-state index contributed by atoms with van der Waals surface area (Å²) in [6, 6.07) is 0. The number of methoxy groups -OCH3 is 1. The number of piperidine rings is 1. The molecule has 4 heteroatoms. The predicted octanol–water partition coefficient (Wildman–Crippen LogP) is 3.93. The highest BCUT2D eigenvalue weighted by Gasteiger charge is 2.68. The van der Waals surface area contributed by atoms with E-state index in [0.29, 0.717) is 11.8 Å². The molecule has 4 nitrogen and oxygen atoms in total. The second-order valence-corrected chi connectivity index (χ2v) is 9.68. The van der Waals surface area contributed by atoms with Gasteiger partial charge in [0.05, 0.1) is 25.4 Å². The van der Waals surface area contributed by atoms with Gasteiger partial charge in [-0.05, 0) is 63.5 Å². The summed E-state index contributed by atoms with van der Waals surface area (Å²) in [5.41, 5.74) is 3.60. The molecule has 5 atom stereocenters. The number of hydrogen-bond acceptors (Lipinski definition) is 4. The summed E-state index contributed by atoms with van der Waals surface area (Å²) in [5, 5.41) is 0. The van der Waals surface area contributed by atoms with Gasteiger partial charge in [-0.15, -0.1) is 0 Å². The summed E-state index contributed by atoms with van der Waals surface area (Å²) < 4.78 is 11.6. The Bertz CT molecular complexity index is 725. The van der Waals surface area contributed by atoms with Crippen LogP contribution in [0.5, 0.6) is 0 Å². The third-order valence-electron chi connectivity index (χ3n) is 8.74. The van der Waals surface area contributed by atoms with Gasteiger partial charge in [-0.25, -0.2) is 0 Å². The topological polar surface area (TPSA) is 38.8 Å². The van der Waals surface area contributed by atoms with Crippen molar-refractivity contribution < 1.29 is 14.3 Å². The largest absolute Gasteiger partial charge is 0.498 e. The maximum absolute atomic E-state index is 12.7. The first-order chi connectivity index (χ1) is 13.0. The maximum atomic E-state index is 12.7. The van der Waals surface area contributed by atoms with Crippen molar-refractivity contribution in [2.45, 2.75) is 51.9 Å². The normalized spacial score (nSPS) is 43.2. The third-order valence-corrected chi connectivity index (χ3v) is 8.74. The molecule has 2 bridgehead atoms. The van der Waals surface area contributed by atoms with E-state index in [9.17, 15) is 4.79 Å². The molecular formula is C23H33NO3. The highest BCUT2D eigenvalue weighted by Crippen LogP contribution is 2.71. The molecule has 27 heavy (non-hydrogen) atoms. The van der Waals surface area contributed by atoms with Crippen molar-refractivity contribution in [3.8, 4) is 0 Å². The average Bonchev–Trinajstić information content (AvgIpc) is 3.22. The van der Waals surface area contributed by atoms with E-state index in [0.717, 1.165) is 51.1 Å². The average molecular weight is 372 g/mol. The molecular weight excluding hydrogens is 338 g/mol. The second-order valence-electron chi connectivity index (χ2n) is 9.68. The summed E-state index contributed by atoms with van der Waals surface area (Å²) in [7, 11) is 3.84. The van der Waals surface area contributed by atoms with E-state index < -0.39 is 0 Å². The van der Waals surface area contributed by atoms with E-state index >= 15 is 0 Å². The minimum atomic E-state index is 0.0117. The van der Waals surface area contributed by atoms with E-state index in [4.69, 9.17) is 9.47 Å². The Balaban J connectivity index is 1.67. The van der Waals surface area contributed by atoms with Crippen molar-refractivity contribution in [3.63, 3.8) is 0 Å². The van der Waals surface area contributed by atoms with E-state index in [1.165, 1.54) is 19.3 Å². The fraction of sp³-hybridized carbons (Fsp3) is 0.783. The van der Waals surface area contributed by atoms with Gasteiger partial charge >= 0.3 is 5.97 Å². The summed E-state index contributed by atoms with van der Waals surface area (Å²) in [4.78, 5) is 15.3. The van der Waals surface area contributed by atoms with Crippen LogP contribution in [-0.2, 0) is 14.3 Å². The van der Waals surface area contributed by atoms with Gasteiger partial charge in [-0.2, -0.15) is 0 Å². The zero-order valence-electron chi connectivity index (χ0n) is 17.1. The number of hydrogen-bond donors (Lipinski definition) is 0. The highest BCUT2D eigenvalue weighted by atomic mass is 16.5. The lowest BCUT2D eigenvalue weighted by Crippen LogP contribution is -2.61. The van der Waals surface area contributed by atoms with Gasteiger partial charge in [0, 0.05) is 30.3 Å². The standard InChI is InChI=1S/C23H33NO3/c1-4-17-9-10-22(14-27-17)16-7-5-15-6-8-18-19(21(25)26-3)11-23(22,20(15)18)13-24(2)12-16/h9,16,18-19H,4-8,10-14H2,1-3H3/t16-,18-,19-,22-,23-/m1/s1. The van der Waals surface area contributed by atoms with Crippen LogP contribution in [0.4, 0.5) is 0 Å². The lowest BCUT2D eigenvalue weighted by Gasteiger charge is -2.59. The Morgan fingerprint density at radius 1 is 1.37 bits per heavy atom. The molecule has 1 saturated carbocycles. The fourth-order valence-corrected chi connectivity index (χ4v) is 7.71. The van der Waals surface area contributed by atoms with Gasteiger partial charge in [0.25, 0.3) is 0 Å². The molecule has 1 saturated heterocycles. The zero-order valence-corrected chi connectivity index (χ0v) is 17.1. The SMILES string of the molecule is CCC1=CC[C@@]2(CO1)[C@@H]1CCC3=C4[C@H](CC3)[C@H](C(=O)OC)C[C@@]42CN(C)C1. The summed E-state index contributed by atoms with van der Waals surface area (Å²) in [6.45, 7) is 5.25. The minimum Gasteiger partial charge on any atom is -0.498 e. The molecule has 2 heterocycles. The van der Waals surface area contributed by atoms with Crippen molar-refractivity contribution >= 4 is 5.97 Å². The highest BCUT2D eigenvalue weighted by molar-refractivity contribution is 5.75. The van der Waals surface area contributed by atoms with Gasteiger partial charge in [-0.3, -0.25) is 4.79 Å². The van der Waals surface area contributed by atoms with Gasteiger partial charge in [0.2, 0.25) is 0 Å². The van der Waals surface area contributed by atoms with E-state index in [1.807, 2.05) is 0 Å². The molecule has 0 aromatic heterocycles.